The summed E-state index contributed by atoms with van der Waals surface area (Å²) in [5, 5.41) is 16.3. The highest BCUT2D eigenvalue weighted by atomic mass is 32.2. The van der Waals surface area contributed by atoms with E-state index in [1.165, 1.54) is 29.8 Å². The minimum absolute atomic E-state index is 0.0537. The van der Waals surface area contributed by atoms with E-state index in [0.29, 0.717) is 0 Å². The summed E-state index contributed by atoms with van der Waals surface area (Å²) in [5.74, 6) is -2.38. The molecule has 0 aliphatic carbocycles. The first-order valence-corrected chi connectivity index (χ1v) is 13.4. The number of carboxylic acids is 1. The molecular weight excluding hydrogens is 568 g/mol. The third-order valence-corrected chi connectivity index (χ3v) is 5.73. The van der Waals surface area contributed by atoms with Crippen LogP contribution in [0.2, 0.25) is 0 Å². The average molecular weight is 599 g/mol. The summed E-state index contributed by atoms with van der Waals surface area (Å²) in [6.07, 6.45) is -1.84. The van der Waals surface area contributed by atoms with Crippen molar-refractivity contribution in [3.63, 3.8) is 0 Å². The number of aromatic nitrogens is 1. The van der Waals surface area contributed by atoms with Crippen molar-refractivity contribution in [2.75, 3.05) is 16.2 Å². The lowest BCUT2D eigenvalue weighted by molar-refractivity contribution is -0.114. The molecule has 0 saturated carbocycles. The Kier molecular flexibility index (Phi) is 10.7. The van der Waals surface area contributed by atoms with Crippen LogP contribution in [0.15, 0.2) is 34.8 Å². The number of guanidine groups is 1. The Morgan fingerprint density at radius 3 is 1.98 bits per heavy atom. The lowest BCUT2D eigenvalue weighted by atomic mass is 10.2. The van der Waals surface area contributed by atoms with Crippen LogP contribution in [0.25, 0.3) is 0 Å². The summed E-state index contributed by atoms with van der Waals surface area (Å²) in [4.78, 5) is 55.8. The number of aromatic carboxylic acids is 1. The van der Waals surface area contributed by atoms with Gasteiger partial charge >= 0.3 is 18.2 Å². The molecule has 15 nitrogen and oxygen atoms in total. The highest BCUT2D eigenvalue weighted by Gasteiger charge is 2.25. The van der Waals surface area contributed by atoms with Gasteiger partial charge in [-0.05, 0) is 65.8 Å². The number of carboxylic acid groups (broad SMARTS) is 1. The second-order valence-corrected chi connectivity index (χ2v) is 11.5. The molecular formula is C23H30N6O9S2. The normalized spacial score (nSPS) is 12.0. The van der Waals surface area contributed by atoms with Crippen molar-refractivity contribution in [3.8, 4) is 0 Å². The Morgan fingerprint density at radius 2 is 1.52 bits per heavy atom. The van der Waals surface area contributed by atoms with E-state index < -0.39 is 58.8 Å². The predicted molar refractivity (Wildman–Crippen MR) is 148 cm³/mol. The smallest absolute Gasteiger partial charge is 0.414 e. The number of amides is 3. The molecule has 0 aliphatic heterocycles. The number of benzene rings is 1. The number of hydrogen-bond acceptors (Lipinski definition) is 10. The number of aliphatic imine (C=N–C) groups is 1. The Balaban J connectivity index is 2.14. The molecule has 0 radical (unpaired) electrons. The molecule has 1 atom stereocenters. The number of ether oxygens (including phenoxy) is 2. The zero-order valence-electron chi connectivity index (χ0n) is 22.5. The molecule has 40 heavy (non-hydrogen) atoms. The number of nitrogens with one attached hydrogen (secondary N) is 3. The van der Waals surface area contributed by atoms with Gasteiger partial charge in [-0.15, -0.1) is 11.3 Å². The number of rotatable bonds is 7. The van der Waals surface area contributed by atoms with Gasteiger partial charge in [0, 0.05) is 5.69 Å². The van der Waals surface area contributed by atoms with Gasteiger partial charge in [0.1, 0.15) is 22.7 Å². The first-order chi connectivity index (χ1) is 18.4. The minimum Gasteiger partial charge on any atom is -0.476 e. The Labute approximate surface area is 236 Å². The van der Waals surface area contributed by atoms with E-state index in [2.05, 4.69) is 25.9 Å². The summed E-state index contributed by atoms with van der Waals surface area (Å²) >= 11 is -1.75. The summed E-state index contributed by atoms with van der Waals surface area (Å²) < 4.78 is 32.9. The van der Waals surface area contributed by atoms with Gasteiger partial charge in [-0.25, -0.2) is 32.9 Å². The molecule has 0 spiro atoms. The lowest BCUT2D eigenvalue weighted by Crippen LogP contribution is -2.47. The fourth-order valence-electron chi connectivity index (χ4n) is 2.75. The second kappa shape index (κ2) is 13.3. The van der Waals surface area contributed by atoms with Gasteiger partial charge in [0.25, 0.3) is 11.3 Å². The number of carbonyl (C=O) groups excluding carboxylic acids is 3. The van der Waals surface area contributed by atoms with Crippen LogP contribution in [-0.4, -0.2) is 66.6 Å². The van der Waals surface area contributed by atoms with Crippen molar-refractivity contribution in [3.05, 3.63) is 35.5 Å². The molecule has 1 unspecified atom stereocenters. The van der Waals surface area contributed by atoms with Gasteiger partial charge < -0.3 is 19.9 Å². The molecule has 17 heteroatoms. The Bertz CT molecular complexity index is 1270. The molecule has 218 valence electrons. The van der Waals surface area contributed by atoms with Crippen LogP contribution < -0.4 is 20.3 Å². The van der Waals surface area contributed by atoms with E-state index in [0.717, 1.165) is 15.6 Å². The van der Waals surface area contributed by atoms with Crippen LogP contribution in [0.5, 0.6) is 0 Å². The number of anilines is 3. The fraction of sp³-hybridized carbons (Fsp3) is 0.391. The van der Waals surface area contributed by atoms with Crippen LogP contribution >= 0.6 is 11.3 Å². The maximum Gasteiger partial charge on any atom is 0.414 e. The van der Waals surface area contributed by atoms with Gasteiger partial charge in [-0.3, -0.25) is 20.0 Å². The van der Waals surface area contributed by atoms with E-state index >= 15 is 0 Å². The van der Waals surface area contributed by atoms with Crippen molar-refractivity contribution >= 4 is 69.0 Å². The monoisotopic (exact) mass is 598 g/mol. The van der Waals surface area contributed by atoms with Crippen molar-refractivity contribution in [2.24, 2.45) is 4.99 Å². The molecule has 0 fully saturated rings. The molecule has 0 aliphatic rings. The highest BCUT2D eigenvalue weighted by molar-refractivity contribution is 7.81. The number of carbonyl (C=O) groups is 4. The maximum absolute atomic E-state index is 12.5. The van der Waals surface area contributed by atoms with Crippen molar-refractivity contribution in [1.29, 1.82) is 0 Å². The zero-order chi connectivity index (χ0) is 30.3. The van der Waals surface area contributed by atoms with Crippen LogP contribution in [0.4, 0.5) is 26.0 Å². The quantitative estimate of drug-likeness (QED) is 0.178. The standard InChI is InChI=1S/C23H30N6O9S2/c1-22(2,3)37-20(33)27-19(28-21(34)38-23(4,5)6)24-11-15(30)26-13-7-9-14(10-8-13)29(40(35)36)17-16(18(31)32)25-12-39-17/h7-10,12H,11H2,1-6H3,(H,26,30)(H,31,32)(H,35,36)(H2,24,27,28,33,34). The predicted octanol–water partition coefficient (Wildman–Crippen LogP) is 3.46. The first-order valence-electron chi connectivity index (χ1n) is 11.5. The number of alkyl carbamates (subject to hydrolysis) is 2. The Hall–Kier alpha value is -4.09. The first kappa shape index (κ1) is 32.1. The molecule has 0 saturated heterocycles. The molecule has 2 rings (SSSR count). The lowest BCUT2D eigenvalue weighted by Gasteiger charge is -2.22. The number of thiazole rings is 1. The molecule has 2 aromatic rings. The van der Waals surface area contributed by atoms with E-state index in [4.69, 9.17) is 9.47 Å². The van der Waals surface area contributed by atoms with Crippen LogP contribution in [0.3, 0.4) is 0 Å². The Morgan fingerprint density at radius 1 is 1.00 bits per heavy atom. The summed E-state index contributed by atoms with van der Waals surface area (Å²) in [5.41, 5.74) is -0.391. The topological polar surface area (TPSA) is 209 Å². The maximum atomic E-state index is 12.5. The number of hydrogen-bond donors (Lipinski definition) is 5. The second-order valence-electron chi connectivity index (χ2n) is 9.85. The summed E-state index contributed by atoms with van der Waals surface area (Å²) in [6.45, 7) is 9.32. The van der Waals surface area contributed by atoms with E-state index in [1.807, 2.05) is 0 Å². The van der Waals surface area contributed by atoms with Crippen LogP contribution in [-0.2, 0) is 25.5 Å². The summed E-state index contributed by atoms with van der Waals surface area (Å²) in [7, 11) is 0. The fourth-order valence-corrected chi connectivity index (χ4v) is 4.31. The largest absolute Gasteiger partial charge is 0.476 e. The third-order valence-electron chi connectivity index (χ3n) is 4.10. The van der Waals surface area contributed by atoms with Crippen LogP contribution in [0, 0.1) is 0 Å². The number of nitrogens with zero attached hydrogens (tertiary/aromatic N) is 3. The molecule has 3 amide bonds. The van der Waals surface area contributed by atoms with Gasteiger partial charge in [0.15, 0.2) is 5.69 Å². The molecule has 1 heterocycles. The molecule has 1 aromatic heterocycles. The molecule has 5 N–H and O–H groups in total. The average Bonchev–Trinajstić information content (AvgIpc) is 3.25. The summed E-state index contributed by atoms with van der Waals surface area (Å²) in [6, 6.07) is 5.60. The highest BCUT2D eigenvalue weighted by Crippen LogP contribution is 2.33. The minimum atomic E-state index is -2.61. The van der Waals surface area contributed by atoms with E-state index in [-0.39, 0.29) is 22.3 Å². The van der Waals surface area contributed by atoms with Crippen molar-refractivity contribution in [1.82, 2.24) is 15.6 Å². The van der Waals surface area contributed by atoms with Gasteiger partial charge in [0.05, 0.1) is 11.2 Å². The van der Waals surface area contributed by atoms with Crippen LogP contribution in [0.1, 0.15) is 52.0 Å². The molecule has 0 bridgehead atoms. The van der Waals surface area contributed by atoms with E-state index in [9.17, 15) is 33.0 Å². The van der Waals surface area contributed by atoms with Gasteiger partial charge in [0.2, 0.25) is 11.9 Å². The van der Waals surface area contributed by atoms with Crippen molar-refractivity contribution < 1.29 is 42.5 Å². The SMILES string of the molecule is CC(C)(C)OC(=O)NC(=NCC(=O)Nc1ccc(N(c2scnc2C(=O)O)S(=O)O)cc1)NC(=O)OC(C)(C)C. The van der Waals surface area contributed by atoms with Crippen molar-refractivity contribution in [2.45, 2.75) is 52.7 Å². The zero-order valence-corrected chi connectivity index (χ0v) is 24.1. The van der Waals surface area contributed by atoms with Gasteiger partial charge in [-0.2, -0.15) is 0 Å². The van der Waals surface area contributed by atoms with Gasteiger partial charge in [-0.1, -0.05) is 0 Å². The third kappa shape index (κ3) is 10.6. The van der Waals surface area contributed by atoms with E-state index in [1.54, 1.807) is 41.5 Å². The molecule has 1 aromatic carbocycles.